The number of carbonyl (C=O) groups excluding carboxylic acids is 11. The van der Waals surface area contributed by atoms with Crippen molar-refractivity contribution in [2.75, 3.05) is 52.1 Å². The van der Waals surface area contributed by atoms with Crippen LogP contribution in [0.25, 0.3) is 0 Å². The van der Waals surface area contributed by atoms with Crippen LogP contribution >= 0.6 is 55.9 Å². The SMILES string of the molecule is COC(=O)CC1=C2/C(=C/CSSC(C)(C)CCC(=O)CCCNC(=O)OCc3ccc(NC(=O)[C@H](C)CC(=O)[C@@H](NC(=O)CCCCCN4C(=O)C=CC4=O)C(C)C)cc3)[C@](O)(C#C/C=C\C#C[C@@H]2OC2OC(C)C(NOC3CC(O)C(SC(=O)c4c(C)c(I)c(OC5OC(C)C(O)C(OC)C5O)c(C)c4OC)C(C)O3)C(O)C2OC2CC(C)C(CC(C)=O)CO2)CC1=O. The van der Waals surface area contributed by atoms with E-state index in [1.807, 2.05) is 43.4 Å². The van der Waals surface area contributed by atoms with E-state index in [2.05, 4.69) is 45.1 Å². The lowest BCUT2D eigenvalue weighted by molar-refractivity contribution is -0.335. The number of hydrogen-bond donors (Lipinski definition) is 9. The lowest BCUT2D eigenvalue weighted by Gasteiger charge is -2.46. The summed E-state index contributed by atoms with van der Waals surface area (Å²) in [5.74, 6) is 7.86. The fourth-order valence-electron chi connectivity index (χ4n) is 16.0. The first-order chi connectivity index (χ1) is 61.2. The van der Waals surface area contributed by atoms with E-state index in [9.17, 15) is 78.3 Å². The minimum Gasteiger partial charge on any atom is -0.496 e. The van der Waals surface area contributed by atoms with E-state index >= 15 is 0 Å². The van der Waals surface area contributed by atoms with Gasteiger partial charge < -0.3 is 98.4 Å². The monoisotopic (exact) mass is 1970 g/mol. The summed E-state index contributed by atoms with van der Waals surface area (Å²) >= 11 is 2.89. The van der Waals surface area contributed by atoms with Crippen molar-refractivity contribution in [1.82, 2.24) is 21.0 Å². The second kappa shape index (κ2) is 49.0. The van der Waals surface area contributed by atoms with Gasteiger partial charge in [-0.05, 0) is 157 Å². The molecule has 17 unspecified atom stereocenters. The molecular formula is C92H122IN5O28S3. The molecule has 5 aliphatic heterocycles. The number of anilines is 1. The molecule has 33 nitrogen and oxygen atoms in total. The van der Waals surface area contributed by atoms with Gasteiger partial charge in [-0.1, -0.05) is 109 Å². The smallest absolute Gasteiger partial charge is 0.407 e. The predicted molar refractivity (Wildman–Crippen MR) is 486 cm³/mol. The zero-order valence-corrected chi connectivity index (χ0v) is 80.0. The number of benzene rings is 2. The van der Waals surface area contributed by atoms with Gasteiger partial charge >= 0.3 is 12.1 Å². The minimum atomic E-state index is -2.17. The molecular weight excluding hydrogens is 1850 g/mol. The van der Waals surface area contributed by atoms with Crippen LogP contribution in [0, 0.1) is 64.8 Å². The van der Waals surface area contributed by atoms with Crippen molar-refractivity contribution in [3.63, 3.8) is 0 Å². The number of aliphatic hydroxyl groups is 5. The third kappa shape index (κ3) is 28.8. The number of thioether (sulfide) groups is 1. The number of esters is 1. The van der Waals surface area contributed by atoms with Crippen molar-refractivity contribution in [2.24, 2.45) is 23.7 Å². The molecule has 129 heavy (non-hydrogen) atoms. The van der Waals surface area contributed by atoms with Crippen molar-refractivity contribution in [1.29, 1.82) is 0 Å². The minimum absolute atomic E-state index is 0.00309. The maximum Gasteiger partial charge on any atom is 0.407 e. The Morgan fingerprint density at radius 2 is 1.50 bits per heavy atom. The van der Waals surface area contributed by atoms with Crippen molar-refractivity contribution in [2.45, 2.75) is 293 Å². The number of amides is 5. The van der Waals surface area contributed by atoms with E-state index in [1.165, 1.54) is 74.1 Å². The van der Waals surface area contributed by atoms with Gasteiger partial charge in [0, 0.05) is 122 Å². The van der Waals surface area contributed by atoms with Gasteiger partial charge in [0.15, 0.2) is 36.0 Å². The number of methoxy groups -OCH3 is 3. The molecule has 9 N–H and O–H groups in total. The Hall–Kier alpha value is -7.49. The lowest BCUT2D eigenvalue weighted by Crippen LogP contribution is -2.64. The van der Waals surface area contributed by atoms with Gasteiger partial charge in [-0.3, -0.25) is 52.9 Å². The molecule has 0 spiro atoms. The van der Waals surface area contributed by atoms with E-state index in [-0.39, 0.29) is 164 Å². The number of rotatable bonds is 43. The zero-order chi connectivity index (χ0) is 94.5. The summed E-state index contributed by atoms with van der Waals surface area (Å²) in [5, 5.41) is 66.1. The average molecular weight is 1970 g/mol. The Labute approximate surface area is 778 Å². The first-order valence-corrected chi connectivity index (χ1v) is 47.7. The van der Waals surface area contributed by atoms with Crippen LogP contribution in [0.2, 0.25) is 0 Å². The molecule has 2 aromatic rings. The maximum atomic E-state index is 14.6. The molecule has 2 aliphatic carbocycles. The highest BCUT2D eigenvalue weighted by atomic mass is 127. The van der Waals surface area contributed by atoms with Crippen LogP contribution in [0.1, 0.15) is 186 Å². The lowest BCUT2D eigenvalue weighted by atomic mass is 9.72. The summed E-state index contributed by atoms with van der Waals surface area (Å²) in [5.41, 5.74) is 2.92. The fraction of sp³-hybridized carbons (Fsp3) is 0.620. The molecule has 5 heterocycles. The van der Waals surface area contributed by atoms with E-state index in [0.29, 0.717) is 58.1 Å². The third-order valence-corrected chi connectivity index (χ3v) is 29.4. The van der Waals surface area contributed by atoms with Crippen LogP contribution in [0.3, 0.4) is 0 Å². The molecule has 37 heteroatoms. The summed E-state index contributed by atoms with van der Waals surface area (Å²) in [7, 11) is 6.79. The number of hydrogen-bond acceptors (Lipinski definition) is 32. The molecule has 5 amide bonds. The number of aliphatic hydroxyl groups excluding tert-OH is 4. The summed E-state index contributed by atoms with van der Waals surface area (Å²) in [4.78, 5) is 151. The Morgan fingerprint density at radius 3 is 2.17 bits per heavy atom. The predicted octanol–water partition coefficient (Wildman–Crippen LogP) is 8.70. The van der Waals surface area contributed by atoms with Crippen molar-refractivity contribution in [3.05, 3.63) is 97.2 Å². The van der Waals surface area contributed by atoms with Gasteiger partial charge in [0.25, 0.3) is 11.8 Å². The number of fused-ring (bicyclic) bond motifs is 2. The van der Waals surface area contributed by atoms with Crippen LogP contribution in [-0.4, -0.2) is 255 Å². The van der Waals surface area contributed by atoms with E-state index in [1.54, 1.807) is 85.7 Å². The second-order valence-corrected chi connectivity index (χ2v) is 39.7. The number of nitrogens with one attached hydrogen (secondary N) is 4. The first-order valence-electron chi connectivity index (χ1n) is 43.4. The molecule has 2 aromatic carbocycles. The van der Waals surface area contributed by atoms with Crippen molar-refractivity contribution >= 4 is 126 Å². The van der Waals surface area contributed by atoms with E-state index < -0.39 is 162 Å². The molecule has 9 rings (SSSR count). The van der Waals surface area contributed by atoms with Gasteiger partial charge in [0.05, 0.1) is 84.6 Å². The highest BCUT2D eigenvalue weighted by Crippen LogP contribution is 2.47. The van der Waals surface area contributed by atoms with Gasteiger partial charge in [0.2, 0.25) is 23.2 Å². The topological polar surface area (TPSA) is 451 Å². The summed E-state index contributed by atoms with van der Waals surface area (Å²) in [6.07, 6.45) is -8.57. The van der Waals surface area contributed by atoms with Crippen LogP contribution in [0.5, 0.6) is 11.5 Å². The van der Waals surface area contributed by atoms with Crippen LogP contribution in [0.15, 0.2) is 71.4 Å². The summed E-state index contributed by atoms with van der Waals surface area (Å²) in [6, 6.07) is 4.67. The highest BCUT2D eigenvalue weighted by molar-refractivity contribution is 14.1. The Kier molecular flexibility index (Phi) is 39.9. The number of unbranched alkanes of at least 4 members (excludes halogenated alkanes) is 2. The second-order valence-electron chi connectivity index (χ2n) is 34.4. The number of carbonyl (C=O) groups is 11. The molecule has 708 valence electrons. The molecule has 0 saturated carbocycles. The maximum absolute atomic E-state index is 14.6. The summed E-state index contributed by atoms with van der Waals surface area (Å²) < 4.78 is 66.8. The Balaban J connectivity index is 0.783. The number of alkyl carbamates (subject to hydrolysis) is 1. The quantitative estimate of drug-likeness (QED) is 0.00570. The molecule has 2 bridgehead atoms. The number of ether oxygens (including phenoxy) is 11. The number of allylic oxidation sites excluding steroid dienone is 2. The highest BCUT2D eigenvalue weighted by Gasteiger charge is 2.52. The zero-order valence-electron chi connectivity index (χ0n) is 75.4. The fourth-order valence-corrected chi connectivity index (χ4v) is 20.4. The van der Waals surface area contributed by atoms with Gasteiger partial charge in [-0.15, -0.1) is 0 Å². The van der Waals surface area contributed by atoms with E-state index in [4.69, 9.17) is 56.9 Å². The van der Waals surface area contributed by atoms with Crippen LogP contribution in [0.4, 0.5) is 10.5 Å². The van der Waals surface area contributed by atoms with Gasteiger partial charge in [-0.25, -0.2) is 4.79 Å². The molecule has 7 aliphatic rings. The number of Topliss-reactive ketones (excluding diaryl/α,β-unsaturated/α-hetero) is 4. The molecule has 0 aromatic heterocycles. The molecule has 21 atom stereocenters. The Morgan fingerprint density at radius 1 is 0.798 bits per heavy atom. The number of imide groups is 1. The molecule has 0 radical (unpaired) electrons. The van der Waals surface area contributed by atoms with Crippen LogP contribution < -0.4 is 30.9 Å². The van der Waals surface area contributed by atoms with Crippen molar-refractivity contribution in [3.8, 4) is 35.2 Å². The number of halogens is 1. The van der Waals surface area contributed by atoms with Crippen LogP contribution in [-0.2, 0) is 97.2 Å². The number of ketones is 4. The number of hydroxylamine groups is 1. The largest absolute Gasteiger partial charge is 0.496 e. The Bertz CT molecular complexity index is 4600. The molecule has 4 saturated heterocycles. The van der Waals surface area contributed by atoms with Gasteiger partial charge in [0.1, 0.15) is 66.3 Å². The van der Waals surface area contributed by atoms with Crippen molar-refractivity contribution < 1.29 is 135 Å². The summed E-state index contributed by atoms with van der Waals surface area (Å²) in [6.45, 7) is 21.4. The van der Waals surface area contributed by atoms with E-state index in [0.717, 1.165) is 16.7 Å². The normalized spacial score (nSPS) is 28.5. The first kappa shape index (κ1) is 105. The van der Waals surface area contributed by atoms with Gasteiger partial charge in [-0.2, -0.15) is 5.48 Å². The number of nitrogens with zero attached hydrogens (tertiary/aromatic N) is 1. The average Bonchev–Trinajstić information content (AvgIpc) is 1.38. The third-order valence-electron chi connectivity index (χ3n) is 23.5. The molecule has 4 fully saturated rings. The standard InChI is InChI=1S/C92H122IN5O28S3/c1-48(2)76(96-67(104)26-20-18-22-38-98-68(105)31-32-69(98)106)63(101)40-50(4)86(111)95-59-29-27-57(28-30-59)46-119-90(113)94-37-23-24-60(100)33-36-91(11,12)129-127-39-34-62-74-61(43-70(107)115-13)65(103)45-92(62,114)35-21-17-16-19-25-66(74)123-89-84(124-71-41-49(3)58(47-118-71)42-51(5)99)79(109)77(54(8)121-89)97-126-72-44-64(102)85(56(10)120-72)128-87(112)73-52(6)75(93)82(53(7)81(73)116-14)125-88-80(110)83(117-15)78(108)55(9)122-88/h16-17,27-32,34,48-50,54-56,58,64,66,71-72,76-80,83-85,88-89,97,102,108-110,114H,18,20,22-24,26,33,36-47H2,1-15H3,(H,94,113)(H,95,111)(H,96,104)/b17-16-,62-34-/t49?,50-,54?,55?,56?,58?,64?,66+,71?,72?,76+,77?,78?,79?,80?,83?,84?,85?,88?,89?,92+/m1/s1.